The Balaban J connectivity index is 1.72. The highest BCUT2D eigenvalue weighted by atomic mass is 32.2. The molecule has 0 aromatic heterocycles. The fraction of sp³-hybridized carbons (Fsp3) is 0.412. The van der Waals surface area contributed by atoms with Gasteiger partial charge in [-0.1, -0.05) is 78.9 Å². The highest BCUT2D eigenvalue weighted by molar-refractivity contribution is 7.92. The third kappa shape index (κ3) is 8.16. The standard InChI is InChI=1S/C34H43N3O5S/c1-5-42-32-17-10-9-16-31(32)37(43(40,41)30-20-18-25(2)19-21-30)24-33(38)36(23-28-13-11-12-26(3)22-28)27(4)34(39)35-29-14-7-6-8-15-29/h9-13,16-22,27,29H,5-8,14-15,23-24H2,1-4H3,(H,35,39). The first-order chi connectivity index (χ1) is 20.6. The third-order valence-electron chi connectivity index (χ3n) is 7.88. The van der Waals surface area contributed by atoms with Crippen molar-refractivity contribution in [1.82, 2.24) is 10.2 Å². The molecule has 0 radical (unpaired) electrons. The van der Waals surface area contributed by atoms with Crippen molar-refractivity contribution in [2.75, 3.05) is 17.5 Å². The van der Waals surface area contributed by atoms with Crippen molar-refractivity contribution < 1.29 is 22.7 Å². The Labute approximate surface area is 256 Å². The Bertz CT molecular complexity index is 1500. The molecule has 3 aromatic rings. The van der Waals surface area contributed by atoms with E-state index in [9.17, 15) is 18.0 Å². The van der Waals surface area contributed by atoms with Gasteiger partial charge in [-0.15, -0.1) is 0 Å². The molecular weight excluding hydrogens is 562 g/mol. The highest BCUT2D eigenvalue weighted by Gasteiger charge is 2.34. The lowest BCUT2D eigenvalue weighted by Gasteiger charge is -2.33. The Kier molecular flexibility index (Phi) is 10.9. The monoisotopic (exact) mass is 605 g/mol. The van der Waals surface area contributed by atoms with Crippen molar-refractivity contribution in [2.45, 2.75) is 83.3 Å². The summed E-state index contributed by atoms with van der Waals surface area (Å²) in [6, 6.07) is 20.3. The molecule has 1 fully saturated rings. The van der Waals surface area contributed by atoms with Crippen LogP contribution in [0.1, 0.15) is 62.6 Å². The molecule has 1 N–H and O–H groups in total. The van der Waals surface area contributed by atoms with E-state index >= 15 is 0 Å². The number of sulfonamides is 1. The second-order valence-electron chi connectivity index (χ2n) is 11.3. The van der Waals surface area contributed by atoms with Gasteiger partial charge in [0, 0.05) is 12.6 Å². The van der Waals surface area contributed by atoms with Gasteiger partial charge in [-0.2, -0.15) is 0 Å². The fourth-order valence-corrected chi connectivity index (χ4v) is 6.87. The normalized spacial score (nSPS) is 14.5. The summed E-state index contributed by atoms with van der Waals surface area (Å²) >= 11 is 0. The topological polar surface area (TPSA) is 96.0 Å². The molecule has 0 bridgehead atoms. The first kappa shape index (κ1) is 32.1. The summed E-state index contributed by atoms with van der Waals surface area (Å²) in [6.07, 6.45) is 5.13. The van der Waals surface area contributed by atoms with Crippen LogP contribution in [0.25, 0.3) is 0 Å². The van der Waals surface area contributed by atoms with Crippen molar-refractivity contribution in [2.24, 2.45) is 0 Å². The Morgan fingerprint density at radius 3 is 2.30 bits per heavy atom. The lowest BCUT2D eigenvalue weighted by molar-refractivity contribution is -0.139. The zero-order valence-electron chi connectivity index (χ0n) is 25.6. The molecule has 2 amide bonds. The Morgan fingerprint density at radius 1 is 0.930 bits per heavy atom. The molecule has 4 rings (SSSR count). The number of rotatable bonds is 12. The van der Waals surface area contributed by atoms with Gasteiger partial charge in [-0.05, 0) is 70.4 Å². The van der Waals surface area contributed by atoms with Gasteiger partial charge >= 0.3 is 0 Å². The molecular formula is C34H43N3O5S. The van der Waals surface area contributed by atoms with E-state index in [2.05, 4.69) is 5.32 Å². The Hall–Kier alpha value is -3.85. The van der Waals surface area contributed by atoms with Crippen LogP contribution in [0, 0.1) is 13.8 Å². The van der Waals surface area contributed by atoms with E-state index in [1.165, 1.54) is 17.0 Å². The van der Waals surface area contributed by atoms with E-state index in [4.69, 9.17) is 4.74 Å². The van der Waals surface area contributed by atoms with Crippen LogP contribution in [0.3, 0.4) is 0 Å². The molecule has 1 atom stereocenters. The summed E-state index contributed by atoms with van der Waals surface area (Å²) in [5, 5.41) is 3.14. The van der Waals surface area contributed by atoms with Gasteiger partial charge in [0.25, 0.3) is 10.0 Å². The Morgan fingerprint density at radius 2 is 1.63 bits per heavy atom. The second kappa shape index (κ2) is 14.6. The molecule has 0 aliphatic heterocycles. The smallest absolute Gasteiger partial charge is 0.264 e. The average molecular weight is 606 g/mol. The van der Waals surface area contributed by atoms with Crippen molar-refractivity contribution >= 4 is 27.5 Å². The number of carbonyl (C=O) groups is 2. The minimum Gasteiger partial charge on any atom is -0.492 e. The number of anilines is 1. The highest BCUT2D eigenvalue weighted by Crippen LogP contribution is 2.33. The van der Waals surface area contributed by atoms with E-state index in [1.54, 1.807) is 43.3 Å². The van der Waals surface area contributed by atoms with Gasteiger partial charge in [0.05, 0.1) is 17.2 Å². The molecule has 0 saturated heterocycles. The number of nitrogens with zero attached hydrogens (tertiary/aromatic N) is 2. The van der Waals surface area contributed by atoms with Crippen LogP contribution >= 0.6 is 0 Å². The second-order valence-corrected chi connectivity index (χ2v) is 13.1. The maximum atomic E-state index is 14.3. The maximum Gasteiger partial charge on any atom is 0.264 e. The molecule has 1 aliphatic carbocycles. The van der Waals surface area contributed by atoms with E-state index in [0.717, 1.165) is 53.1 Å². The zero-order chi connectivity index (χ0) is 31.0. The van der Waals surface area contributed by atoms with Crippen LogP contribution in [0.15, 0.2) is 77.7 Å². The van der Waals surface area contributed by atoms with Gasteiger partial charge in [0.15, 0.2) is 0 Å². The summed E-state index contributed by atoms with van der Waals surface area (Å²) in [5.74, 6) is -0.382. The lowest BCUT2D eigenvalue weighted by atomic mass is 9.95. The van der Waals surface area contributed by atoms with Crippen molar-refractivity contribution in [3.63, 3.8) is 0 Å². The number of ether oxygens (including phenoxy) is 1. The molecule has 3 aromatic carbocycles. The number of carbonyl (C=O) groups excluding carboxylic acids is 2. The number of hydrogen-bond donors (Lipinski definition) is 1. The van der Waals surface area contributed by atoms with Crippen LogP contribution in [0.5, 0.6) is 5.75 Å². The predicted molar refractivity (Wildman–Crippen MR) is 170 cm³/mol. The number of nitrogens with one attached hydrogen (secondary N) is 1. The molecule has 8 nitrogen and oxygen atoms in total. The van der Waals surface area contributed by atoms with Crippen LogP contribution in [0.4, 0.5) is 5.69 Å². The number of benzene rings is 3. The van der Waals surface area contributed by atoms with Gasteiger partial charge in [-0.3, -0.25) is 13.9 Å². The first-order valence-electron chi connectivity index (χ1n) is 15.1. The van der Waals surface area contributed by atoms with E-state index in [0.29, 0.717) is 12.4 Å². The molecule has 1 aliphatic rings. The summed E-state index contributed by atoms with van der Waals surface area (Å²) in [5.41, 5.74) is 3.05. The third-order valence-corrected chi connectivity index (χ3v) is 9.65. The predicted octanol–water partition coefficient (Wildman–Crippen LogP) is 5.76. The largest absolute Gasteiger partial charge is 0.492 e. The van der Waals surface area contributed by atoms with Gasteiger partial charge in [-0.25, -0.2) is 8.42 Å². The fourth-order valence-electron chi connectivity index (χ4n) is 5.45. The molecule has 0 heterocycles. The number of hydrogen-bond acceptors (Lipinski definition) is 5. The summed E-state index contributed by atoms with van der Waals surface area (Å²) < 4.78 is 35.2. The first-order valence-corrected chi connectivity index (χ1v) is 16.5. The molecule has 0 spiro atoms. The van der Waals surface area contributed by atoms with Crippen molar-refractivity contribution in [3.8, 4) is 5.75 Å². The molecule has 1 saturated carbocycles. The van der Waals surface area contributed by atoms with Crippen LogP contribution in [0.2, 0.25) is 0 Å². The summed E-state index contributed by atoms with van der Waals surface area (Å²) in [6.45, 7) is 7.34. The maximum absolute atomic E-state index is 14.3. The van der Waals surface area contributed by atoms with Gasteiger partial charge in [0.1, 0.15) is 18.3 Å². The number of para-hydroxylation sites is 2. The zero-order valence-corrected chi connectivity index (χ0v) is 26.4. The van der Waals surface area contributed by atoms with E-state index < -0.39 is 28.5 Å². The number of amides is 2. The minimum absolute atomic E-state index is 0.0607. The van der Waals surface area contributed by atoms with E-state index in [1.807, 2.05) is 45.0 Å². The molecule has 230 valence electrons. The van der Waals surface area contributed by atoms with Gasteiger partial charge in [0.2, 0.25) is 11.8 Å². The summed E-state index contributed by atoms with van der Waals surface area (Å²) in [4.78, 5) is 29.3. The molecule has 43 heavy (non-hydrogen) atoms. The van der Waals surface area contributed by atoms with Crippen LogP contribution < -0.4 is 14.4 Å². The number of aryl methyl sites for hydroxylation is 2. The minimum atomic E-state index is -4.18. The van der Waals surface area contributed by atoms with Crippen molar-refractivity contribution in [1.29, 1.82) is 0 Å². The van der Waals surface area contributed by atoms with Crippen LogP contribution in [-0.4, -0.2) is 50.4 Å². The molecule has 1 unspecified atom stereocenters. The van der Waals surface area contributed by atoms with Gasteiger partial charge < -0.3 is 15.0 Å². The quantitative estimate of drug-likeness (QED) is 0.283. The van der Waals surface area contributed by atoms with E-state index in [-0.39, 0.29) is 29.1 Å². The van der Waals surface area contributed by atoms with Crippen LogP contribution in [-0.2, 0) is 26.2 Å². The van der Waals surface area contributed by atoms with Crippen molar-refractivity contribution in [3.05, 3.63) is 89.5 Å². The lowest BCUT2D eigenvalue weighted by Crippen LogP contribution is -2.53. The SMILES string of the molecule is CCOc1ccccc1N(CC(=O)N(Cc1cccc(C)c1)C(C)C(=O)NC1CCCCC1)S(=O)(=O)c1ccc(C)cc1. The average Bonchev–Trinajstić information content (AvgIpc) is 2.99. The molecule has 9 heteroatoms. The summed E-state index contributed by atoms with van der Waals surface area (Å²) in [7, 11) is -4.18.